The number of nitrogens with zero attached hydrogens (tertiary/aromatic N) is 3. The molecule has 0 spiro atoms. The molecule has 59 heavy (non-hydrogen) atoms. The summed E-state index contributed by atoms with van der Waals surface area (Å²) in [6.45, 7) is 0.0910. The van der Waals surface area contributed by atoms with E-state index in [2.05, 4.69) is 233 Å². The van der Waals surface area contributed by atoms with E-state index in [0.29, 0.717) is 0 Å². The van der Waals surface area contributed by atoms with Crippen molar-refractivity contribution in [3.63, 3.8) is 0 Å². The Kier molecular flexibility index (Phi) is 7.70. The maximum Gasteiger partial charge on any atom is 0.252 e. The quantitative estimate of drug-likeness (QED) is 0.150. The van der Waals surface area contributed by atoms with Crippen LogP contribution in [0, 0.1) is 0 Å². The summed E-state index contributed by atoms with van der Waals surface area (Å²) in [6, 6.07) is 79.9. The number of para-hydroxylation sites is 2. The second-order valence-electron chi connectivity index (χ2n) is 15.8. The molecule has 2 bridgehead atoms. The number of rotatable bonds is 7. The van der Waals surface area contributed by atoms with E-state index in [9.17, 15) is 0 Å². The van der Waals surface area contributed by atoms with Gasteiger partial charge in [-0.25, -0.2) is 0 Å². The zero-order valence-electron chi connectivity index (χ0n) is 32.4. The van der Waals surface area contributed by atoms with Crippen LogP contribution < -0.4 is 31.1 Å². The van der Waals surface area contributed by atoms with Crippen molar-refractivity contribution >= 4 is 74.3 Å². The predicted molar refractivity (Wildman–Crippen MR) is 249 cm³/mol. The van der Waals surface area contributed by atoms with Crippen molar-refractivity contribution in [2.24, 2.45) is 0 Å². The van der Waals surface area contributed by atoms with Gasteiger partial charge < -0.3 is 14.7 Å². The maximum atomic E-state index is 2.50. The fourth-order valence-corrected chi connectivity index (χ4v) is 9.69. The van der Waals surface area contributed by atoms with Crippen molar-refractivity contribution < 1.29 is 0 Å². The van der Waals surface area contributed by atoms with E-state index >= 15 is 0 Å². The summed E-state index contributed by atoms with van der Waals surface area (Å²) in [4.78, 5) is 7.41. The van der Waals surface area contributed by atoms with E-state index in [1.54, 1.807) is 0 Å². The largest absolute Gasteiger partial charge is 0.311 e. The highest BCUT2D eigenvalue weighted by Crippen LogP contribution is 2.47. The topological polar surface area (TPSA) is 9.72 Å². The van der Waals surface area contributed by atoms with E-state index in [4.69, 9.17) is 0 Å². The van der Waals surface area contributed by atoms with Gasteiger partial charge >= 0.3 is 0 Å². The number of hydrogen-bond donors (Lipinski definition) is 0. The summed E-state index contributed by atoms with van der Waals surface area (Å²) >= 11 is 0. The summed E-state index contributed by atoms with van der Waals surface area (Å²) in [6.07, 6.45) is 1.02. The van der Waals surface area contributed by atoms with Gasteiger partial charge in [0, 0.05) is 51.2 Å². The van der Waals surface area contributed by atoms with Crippen molar-refractivity contribution in [1.29, 1.82) is 0 Å². The van der Waals surface area contributed by atoms with Crippen molar-refractivity contribution in [2.45, 2.75) is 6.42 Å². The second kappa shape index (κ2) is 13.5. The minimum absolute atomic E-state index is 0.0910. The number of fused-ring (bicyclic) bond motifs is 2. The SMILES string of the molecule is c1ccc(-c2ccc(N(c3ccc(-c4ccccc4)cc3)c3ccc4c(c3)N(c3ccccc3)c3cccc5c3B4c3c4cc(cc3N5c3ccccc3)C4)cc2)cc1. The highest BCUT2D eigenvalue weighted by Gasteiger charge is 2.45. The van der Waals surface area contributed by atoms with Gasteiger partial charge in [-0.2, -0.15) is 0 Å². The highest BCUT2D eigenvalue weighted by atomic mass is 15.2. The molecule has 0 saturated heterocycles. The van der Waals surface area contributed by atoms with Crippen LogP contribution in [0.15, 0.2) is 218 Å². The van der Waals surface area contributed by atoms with Gasteiger partial charge in [0.25, 0.3) is 6.71 Å². The van der Waals surface area contributed by atoms with Crippen LogP contribution in [0.2, 0.25) is 0 Å². The van der Waals surface area contributed by atoms with Gasteiger partial charge in [-0.3, -0.25) is 0 Å². The smallest absolute Gasteiger partial charge is 0.252 e. The fourth-order valence-electron chi connectivity index (χ4n) is 9.69. The van der Waals surface area contributed by atoms with E-state index < -0.39 is 0 Å². The number of hydrogen-bond acceptors (Lipinski definition) is 3. The van der Waals surface area contributed by atoms with Crippen LogP contribution in [0.1, 0.15) is 11.1 Å². The van der Waals surface area contributed by atoms with Crippen LogP contribution in [0.25, 0.3) is 22.3 Å². The first-order chi connectivity index (χ1) is 29.3. The van der Waals surface area contributed by atoms with Gasteiger partial charge in [0.05, 0.1) is 0 Å². The van der Waals surface area contributed by atoms with Gasteiger partial charge in [0.2, 0.25) is 0 Å². The molecule has 3 nitrogen and oxygen atoms in total. The molecule has 4 aliphatic rings. The molecule has 13 rings (SSSR count). The molecule has 276 valence electrons. The molecule has 0 atom stereocenters. The normalized spacial score (nSPS) is 12.9. The first kappa shape index (κ1) is 33.6. The second-order valence-corrected chi connectivity index (χ2v) is 15.8. The number of anilines is 9. The zero-order chi connectivity index (χ0) is 38.9. The lowest BCUT2D eigenvalue weighted by molar-refractivity contribution is 1.09. The Labute approximate surface area is 345 Å². The summed E-state index contributed by atoms with van der Waals surface area (Å²) < 4.78 is 0. The molecular weight excluding hydrogens is 713 g/mol. The average molecular weight is 752 g/mol. The molecule has 2 aliphatic carbocycles. The Bertz CT molecular complexity index is 2920. The van der Waals surface area contributed by atoms with Gasteiger partial charge in [-0.05, 0) is 135 Å². The van der Waals surface area contributed by atoms with Gasteiger partial charge in [-0.15, -0.1) is 0 Å². The molecule has 0 fully saturated rings. The van der Waals surface area contributed by atoms with Gasteiger partial charge in [-0.1, -0.05) is 140 Å². The molecule has 9 aromatic carbocycles. The van der Waals surface area contributed by atoms with Crippen LogP contribution in [-0.4, -0.2) is 6.71 Å². The Balaban J connectivity index is 1.06. The van der Waals surface area contributed by atoms with Crippen molar-refractivity contribution in [3.8, 4) is 22.3 Å². The predicted octanol–water partition coefficient (Wildman–Crippen LogP) is 12.5. The van der Waals surface area contributed by atoms with E-state index in [0.717, 1.165) is 29.2 Å². The minimum Gasteiger partial charge on any atom is -0.311 e. The Morgan fingerprint density at radius 3 is 1.34 bits per heavy atom. The molecule has 0 aromatic heterocycles. The molecule has 2 heterocycles. The summed E-state index contributed by atoms with van der Waals surface area (Å²) in [5.41, 5.74) is 22.4. The van der Waals surface area contributed by atoms with E-state index in [-0.39, 0.29) is 6.71 Å². The summed E-state index contributed by atoms with van der Waals surface area (Å²) in [7, 11) is 0. The molecule has 0 amide bonds. The maximum absolute atomic E-state index is 2.50. The Morgan fingerprint density at radius 2 is 0.814 bits per heavy atom. The molecule has 9 aromatic rings. The molecule has 2 aliphatic heterocycles. The van der Waals surface area contributed by atoms with Gasteiger partial charge in [0.1, 0.15) is 0 Å². The molecule has 0 radical (unpaired) electrons. The third-order valence-corrected chi connectivity index (χ3v) is 12.4. The zero-order valence-corrected chi connectivity index (χ0v) is 32.4. The standard InChI is InChI=1S/C55H38BN3/c1-5-14-39(15-6-1)41-24-28-46(29-25-41)57(47-30-26-42(27-31-47)40-16-7-2-8-17-40)48-32-33-49-52(37-48)58(44-18-9-3-10-19-44)50-22-13-23-51-55(50)56(49)54-43-34-38(35-43)36-53(54)59(51)45-20-11-4-12-21-45/h1-34,36-37H,35H2. The monoisotopic (exact) mass is 751 g/mol. The van der Waals surface area contributed by atoms with Crippen LogP contribution in [0.4, 0.5) is 51.2 Å². The minimum atomic E-state index is 0.0910. The Morgan fingerprint density at radius 1 is 0.356 bits per heavy atom. The lowest BCUT2D eigenvalue weighted by Crippen LogP contribution is -2.62. The molecule has 0 N–H and O–H groups in total. The lowest BCUT2D eigenvalue weighted by atomic mass is 9.32. The van der Waals surface area contributed by atoms with Crippen LogP contribution in [-0.2, 0) is 6.42 Å². The van der Waals surface area contributed by atoms with E-state index in [1.165, 1.54) is 78.2 Å². The lowest BCUT2D eigenvalue weighted by Gasteiger charge is -2.46. The number of benzene rings is 9. The van der Waals surface area contributed by atoms with Crippen molar-refractivity contribution in [2.75, 3.05) is 14.7 Å². The molecule has 0 saturated carbocycles. The fraction of sp³-hybridized carbons (Fsp3) is 0.0182. The summed E-state index contributed by atoms with van der Waals surface area (Å²) in [5, 5.41) is 0. The average Bonchev–Trinajstić information content (AvgIpc) is 3.30. The van der Waals surface area contributed by atoms with Crippen molar-refractivity contribution in [3.05, 3.63) is 230 Å². The summed E-state index contributed by atoms with van der Waals surface area (Å²) in [5.74, 6) is 0. The van der Waals surface area contributed by atoms with Crippen LogP contribution >= 0.6 is 0 Å². The van der Waals surface area contributed by atoms with Crippen molar-refractivity contribution in [1.82, 2.24) is 0 Å². The highest BCUT2D eigenvalue weighted by molar-refractivity contribution is 7.00. The molecular formula is C55H38BN3. The molecule has 4 heteroatoms. The first-order valence-corrected chi connectivity index (χ1v) is 20.5. The molecule has 0 unspecified atom stereocenters. The Hall–Kier alpha value is -7.56. The van der Waals surface area contributed by atoms with E-state index in [1.807, 2.05) is 0 Å². The van der Waals surface area contributed by atoms with Crippen LogP contribution in [0.3, 0.4) is 0 Å². The third-order valence-electron chi connectivity index (χ3n) is 12.4. The third kappa shape index (κ3) is 5.45. The van der Waals surface area contributed by atoms with Gasteiger partial charge in [0.15, 0.2) is 0 Å². The van der Waals surface area contributed by atoms with Crippen LogP contribution in [0.5, 0.6) is 0 Å². The first-order valence-electron chi connectivity index (χ1n) is 20.5.